The van der Waals surface area contributed by atoms with Gasteiger partial charge in [0.05, 0.1) is 0 Å². The molecule has 0 saturated carbocycles. The first-order valence-corrected chi connectivity index (χ1v) is 4.36. The Labute approximate surface area is 72.7 Å². The van der Waals surface area contributed by atoms with Crippen molar-refractivity contribution in [3.05, 3.63) is 10.1 Å². The smallest absolute Gasteiger partial charge is 0.229 e. The van der Waals surface area contributed by atoms with E-state index in [1.54, 1.807) is 0 Å². The Balaban J connectivity index is 3.53. The second kappa shape index (κ2) is 5.94. The minimum atomic E-state index is -0.776. The average molecular weight is 175 g/mol. The highest BCUT2D eigenvalue weighted by molar-refractivity contribution is 4.59. The SMILES string of the molecule is CCCC(C)CC(O)C[N+](=O)[O-]. The lowest BCUT2D eigenvalue weighted by molar-refractivity contribution is -0.490. The van der Waals surface area contributed by atoms with Gasteiger partial charge in [-0.2, -0.15) is 0 Å². The maximum absolute atomic E-state index is 9.99. The number of nitro groups is 1. The molecule has 4 heteroatoms. The zero-order chi connectivity index (χ0) is 9.56. The third-order valence-electron chi connectivity index (χ3n) is 1.82. The molecular formula is C8H17NO3. The maximum Gasteiger partial charge on any atom is 0.229 e. The van der Waals surface area contributed by atoms with Gasteiger partial charge in [0.15, 0.2) is 0 Å². The molecular weight excluding hydrogens is 158 g/mol. The van der Waals surface area contributed by atoms with E-state index in [0.29, 0.717) is 12.3 Å². The first-order chi connectivity index (χ1) is 5.56. The van der Waals surface area contributed by atoms with E-state index in [2.05, 4.69) is 6.92 Å². The highest BCUT2D eigenvalue weighted by Crippen LogP contribution is 2.12. The summed E-state index contributed by atoms with van der Waals surface area (Å²) in [6.07, 6.45) is 1.84. The van der Waals surface area contributed by atoms with Crippen molar-refractivity contribution in [2.45, 2.75) is 39.2 Å². The van der Waals surface area contributed by atoms with E-state index in [1.807, 2.05) is 6.92 Å². The molecule has 2 atom stereocenters. The molecule has 0 bridgehead atoms. The van der Waals surface area contributed by atoms with Gasteiger partial charge in [-0.3, -0.25) is 10.1 Å². The molecule has 0 aliphatic rings. The summed E-state index contributed by atoms with van der Waals surface area (Å²) in [6, 6.07) is 0. The van der Waals surface area contributed by atoms with Crippen LogP contribution in [0.3, 0.4) is 0 Å². The lowest BCUT2D eigenvalue weighted by Crippen LogP contribution is -2.21. The van der Waals surface area contributed by atoms with E-state index in [9.17, 15) is 15.2 Å². The predicted octanol–water partition coefficient (Wildman–Crippen LogP) is 1.45. The van der Waals surface area contributed by atoms with Gasteiger partial charge in [-0.1, -0.05) is 26.7 Å². The van der Waals surface area contributed by atoms with Crippen LogP contribution in [0.1, 0.15) is 33.1 Å². The van der Waals surface area contributed by atoms with Gasteiger partial charge in [0.1, 0.15) is 6.10 Å². The minimum absolute atomic E-state index is 0.325. The van der Waals surface area contributed by atoms with Crippen LogP contribution >= 0.6 is 0 Å². The molecule has 0 radical (unpaired) electrons. The van der Waals surface area contributed by atoms with E-state index < -0.39 is 11.0 Å². The second-order valence-electron chi connectivity index (χ2n) is 3.30. The van der Waals surface area contributed by atoms with E-state index in [1.165, 1.54) is 0 Å². The van der Waals surface area contributed by atoms with Crippen molar-refractivity contribution in [3.8, 4) is 0 Å². The van der Waals surface area contributed by atoms with Gasteiger partial charge in [0, 0.05) is 4.92 Å². The molecule has 72 valence electrons. The summed E-state index contributed by atoms with van der Waals surface area (Å²) in [5.41, 5.74) is 0. The van der Waals surface area contributed by atoms with Crippen molar-refractivity contribution in [3.63, 3.8) is 0 Å². The van der Waals surface area contributed by atoms with Gasteiger partial charge in [-0.05, 0) is 12.3 Å². The number of rotatable bonds is 6. The van der Waals surface area contributed by atoms with Gasteiger partial charge in [0.25, 0.3) is 0 Å². The molecule has 0 spiro atoms. The van der Waals surface area contributed by atoms with Gasteiger partial charge in [-0.15, -0.1) is 0 Å². The molecule has 0 aliphatic heterocycles. The Kier molecular flexibility index (Phi) is 5.62. The quantitative estimate of drug-likeness (QED) is 0.491. The average Bonchev–Trinajstić information content (AvgIpc) is 1.84. The summed E-state index contributed by atoms with van der Waals surface area (Å²) in [4.78, 5) is 9.53. The van der Waals surface area contributed by atoms with E-state index in [0.717, 1.165) is 12.8 Å². The Bertz CT molecular complexity index is 138. The van der Waals surface area contributed by atoms with E-state index in [-0.39, 0.29) is 6.54 Å². The van der Waals surface area contributed by atoms with Crippen LogP contribution in [0.25, 0.3) is 0 Å². The molecule has 2 unspecified atom stereocenters. The van der Waals surface area contributed by atoms with Gasteiger partial charge >= 0.3 is 0 Å². The van der Waals surface area contributed by atoms with Gasteiger partial charge in [-0.25, -0.2) is 0 Å². The maximum atomic E-state index is 9.99. The summed E-state index contributed by atoms with van der Waals surface area (Å²) < 4.78 is 0. The van der Waals surface area contributed by atoms with Crippen LogP contribution in [0.5, 0.6) is 0 Å². The van der Waals surface area contributed by atoms with Crippen LogP contribution in [-0.4, -0.2) is 22.7 Å². The highest BCUT2D eigenvalue weighted by Gasteiger charge is 2.14. The van der Waals surface area contributed by atoms with Crippen molar-refractivity contribution < 1.29 is 10.0 Å². The number of aliphatic hydroxyl groups is 1. The number of hydrogen-bond acceptors (Lipinski definition) is 3. The normalized spacial score (nSPS) is 15.6. The number of hydrogen-bond donors (Lipinski definition) is 1. The molecule has 0 saturated heterocycles. The molecule has 4 nitrogen and oxygen atoms in total. The molecule has 0 aliphatic carbocycles. The lowest BCUT2D eigenvalue weighted by Gasteiger charge is -2.11. The monoisotopic (exact) mass is 175 g/mol. The Hall–Kier alpha value is -0.640. The summed E-state index contributed by atoms with van der Waals surface area (Å²) in [5, 5.41) is 19.2. The Morgan fingerprint density at radius 3 is 2.58 bits per heavy atom. The predicted molar refractivity (Wildman–Crippen MR) is 46.6 cm³/mol. The van der Waals surface area contributed by atoms with Crippen LogP contribution in [-0.2, 0) is 0 Å². The van der Waals surface area contributed by atoms with Crippen LogP contribution in [0.15, 0.2) is 0 Å². The largest absolute Gasteiger partial charge is 0.386 e. The number of nitrogens with zero attached hydrogens (tertiary/aromatic N) is 1. The molecule has 0 aromatic carbocycles. The van der Waals surface area contributed by atoms with Crippen LogP contribution in [0.2, 0.25) is 0 Å². The van der Waals surface area contributed by atoms with Crippen molar-refractivity contribution in [1.29, 1.82) is 0 Å². The third-order valence-corrected chi connectivity index (χ3v) is 1.82. The van der Waals surface area contributed by atoms with Crippen molar-refractivity contribution in [2.24, 2.45) is 5.92 Å². The highest BCUT2D eigenvalue weighted by atomic mass is 16.6. The summed E-state index contributed by atoms with van der Waals surface area (Å²) in [7, 11) is 0. The summed E-state index contributed by atoms with van der Waals surface area (Å²) >= 11 is 0. The first-order valence-electron chi connectivity index (χ1n) is 4.36. The van der Waals surface area contributed by atoms with Crippen LogP contribution in [0, 0.1) is 16.0 Å². The van der Waals surface area contributed by atoms with Gasteiger partial charge < -0.3 is 5.11 Å². The minimum Gasteiger partial charge on any atom is -0.386 e. The lowest BCUT2D eigenvalue weighted by atomic mass is 9.99. The van der Waals surface area contributed by atoms with E-state index in [4.69, 9.17) is 0 Å². The number of aliphatic hydroxyl groups excluding tert-OH is 1. The van der Waals surface area contributed by atoms with Crippen molar-refractivity contribution >= 4 is 0 Å². The topological polar surface area (TPSA) is 63.4 Å². The first kappa shape index (κ1) is 11.4. The summed E-state index contributed by atoms with van der Waals surface area (Å²) in [6.45, 7) is 3.75. The molecule has 0 aromatic heterocycles. The van der Waals surface area contributed by atoms with Crippen molar-refractivity contribution in [2.75, 3.05) is 6.54 Å². The molecule has 0 heterocycles. The Morgan fingerprint density at radius 1 is 1.58 bits per heavy atom. The molecule has 0 rings (SSSR count). The zero-order valence-electron chi connectivity index (χ0n) is 7.69. The molecule has 0 amide bonds. The van der Waals surface area contributed by atoms with Gasteiger partial charge in [0.2, 0.25) is 6.54 Å². The standard InChI is InChI=1S/C8H17NO3/c1-3-4-7(2)5-8(10)6-9(11)12/h7-8,10H,3-6H2,1-2H3. The molecule has 1 N–H and O–H groups in total. The van der Waals surface area contributed by atoms with Crippen molar-refractivity contribution in [1.82, 2.24) is 0 Å². The molecule has 0 fully saturated rings. The van der Waals surface area contributed by atoms with Crippen LogP contribution in [0.4, 0.5) is 0 Å². The molecule has 12 heavy (non-hydrogen) atoms. The Morgan fingerprint density at radius 2 is 2.17 bits per heavy atom. The fourth-order valence-electron chi connectivity index (χ4n) is 1.32. The fourth-order valence-corrected chi connectivity index (χ4v) is 1.32. The second-order valence-corrected chi connectivity index (χ2v) is 3.30. The zero-order valence-corrected chi connectivity index (χ0v) is 7.69. The third kappa shape index (κ3) is 6.09. The van der Waals surface area contributed by atoms with E-state index >= 15 is 0 Å². The van der Waals surface area contributed by atoms with Crippen LogP contribution < -0.4 is 0 Å². The fraction of sp³-hybridized carbons (Fsp3) is 1.00. The summed E-state index contributed by atoms with van der Waals surface area (Å²) in [5.74, 6) is 0.380. The molecule has 0 aromatic rings.